The molecule has 190 valence electrons. The van der Waals surface area contributed by atoms with Crippen LogP contribution in [-0.4, -0.2) is 73.3 Å². The van der Waals surface area contributed by atoms with Gasteiger partial charge in [0.2, 0.25) is 5.88 Å². The highest BCUT2D eigenvalue weighted by Gasteiger charge is 2.30. The van der Waals surface area contributed by atoms with E-state index in [0.29, 0.717) is 30.3 Å². The number of piperazine rings is 1. The van der Waals surface area contributed by atoms with Gasteiger partial charge in [0.1, 0.15) is 17.3 Å². The summed E-state index contributed by atoms with van der Waals surface area (Å²) in [5.74, 6) is -0.496. The normalized spacial score (nSPS) is 18.5. The monoisotopic (exact) mass is 496 g/mol. The minimum Gasteiger partial charge on any atom is -0.376 e. The van der Waals surface area contributed by atoms with Crippen LogP contribution >= 0.6 is 0 Å². The predicted octanol–water partition coefficient (Wildman–Crippen LogP) is 4.19. The van der Waals surface area contributed by atoms with Gasteiger partial charge in [-0.05, 0) is 62.4 Å². The maximum absolute atomic E-state index is 14.0. The fourth-order valence-electron chi connectivity index (χ4n) is 4.78. The molecule has 5 rings (SSSR count). The number of halogens is 2. The molecule has 36 heavy (non-hydrogen) atoms. The Morgan fingerprint density at radius 1 is 1.08 bits per heavy atom. The van der Waals surface area contributed by atoms with Crippen LogP contribution in [0, 0.1) is 11.6 Å². The number of likely N-dealkylation sites (N-methyl/N-ethyl adjacent to an activating group) is 1. The van der Waals surface area contributed by atoms with Gasteiger partial charge in [-0.2, -0.15) is 0 Å². The number of anilines is 1. The summed E-state index contributed by atoms with van der Waals surface area (Å²) in [6.07, 6.45) is 1.70. The number of hydrogen-bond acceptors (Lipinski definition) is 6. The Hall–Kier alpha value is -3.30. The van der Waals surface area contributed by atoms with E-state index < -0.39 is 5.82 Å². The van der Waals surface area contributed by atoms with E-state index in [2.05, 4.69) is 22.0 Å². The SMILES string of the molecule is CN1CCN(c2onc(-c3ccc(F)cc3)c2CN(C[C@@H]2CCCO2)C(=O)c2cccc(F)c2)CC1. The molecule has 2 saturated heterocycles. The van der Waals surface area contributed by atoms with Crippen LogP contribution in [-0.2, 0) is 11.3 Å². The molecule has 0 saturated carbocycles. The molecule has 2 aliphatic heterocycles. The average molecular weight is 497 g/mol. The van der Waals surface area contributed by atoms with E-state index in [1.54, 1.807) is 23.1 Å². The van der Waals surface area contributed by atoms with Crippen molar-refractivity contribution < 1.29 is 22.8 Å². The predicted molar refractivity (Wildman–Crippen MR) is 132 cm³/mol. The third kappa shape index (κ3) is 5.42. The maximum atomic E-state index is 14.0. The van der Waals surface area contributed by atoms with Gasteiger partial charge in [0, 0.05) is 50.5 Å². The molecular weight excluding hydrogens is 466 g/mol. The number of amides is 1. The zero-order valence-electron chi connectivity index (χ0n) is 20.3. The summed E-state index contributed by atoms with van der Waals surface area (Å²) in [7, 11) is 2.07. The van der Waals surface area contributed by atoms with Crippen molar-refractivity contribution in [1.29, 1.82) is 0 Å². The number of hydrogen-bond donors (Lipinski definition) is 0. The minimum atomic E-state index is -0.465. The molecule has 0 unspecified atom stereocenters. The summed E-state index contributed by atoms with van der Waals surface area (Å²) in [4.78, 5) is 19.7. The van der Waals surface area contributed by atoms with Crippen molar-refractivity contribution in [3.05, 3.63) is 71.3 Å². The Labute approximate surface area is 209 Å². The van der Waals surface area contributed by atoms with Crippen molar-refractivity contribution in [2.75, 3.05) is 51.3 Å². The summed E-state index contributed by atoms with van der Waals surface area (Å²) >= 11 is 0. The second-order valence-electron chi connectivity index (χ2n) is 9.44. The molecule has 7 nitrogen and oxygen atoms in total. The van der Waals surface area contributed by atoms with Gasteiger partial charge < -0.3 is 24.0 Å². The number of carbonyl (C=O) groups is 1. The number of aromatic nitrogens is 1. The summed E-state index contributed by atoms with van der Waals surface area (Å²) in [5, 5.41) is 4.36. The molecule has 2 aliphatic rings. The fraction of sp³-hybridized carbons (Fsp3) is 0.407. The summed E-state index contributed by atoms with van der Waals surface area (Å²) in [5.41, 5.74) is 2.28. The third-order valence-corrected chi connectivity index (χ3v) is 6.83. The van der Waals surface area contributed by atoms with E-state index in [-0.39, 0.29) is 29.9 Å². The molecule has 2 aromatic carbocycles. The molecule has 3 aromatic rings. The van der Waals surface area contributed by atoms with Crippen LogP contribution in [0.4, 0.5) is 14.7 Å². The van der Waals surface area contributed by atoms with Gasteiger partial charge in [-0.15, -0.1) is 0 Å². The van der Waals surface area contributed by atoms with E-state index in [9.17, 15) is 13.6 Å². The molecule has 0 radical (unpaired) electrons. The van der Waals surface area contributed by atoms with Crippen molar-refractivity contribution in [3.63, 3.8) is 0 Å². The topological polar surface area (TPSA) is 62.1 Å². The van der Waals surface area contributed by atoms with Crippen molar-refractivity contribution >= 4 is 11.8 Å². The van der Waals surface area contributed by atoms with Gasteiger partial charge in [-0.25, -0.2) is 8.78 Å². The zero-order chi connectivity index (χ0) is 25.1. The Morgan fingerprint density at radius 3 is 2.56 bits per heavy atom. The van der Waals surface area contributed by atoms with Crippen LogP contribution in [0.2, 0.25) is 0 Å². The highest BCUT2D eigenvalue weighted by atomic mass is 19.1. The first-order chi connectivity index (χ1) is 17.5. The van der Waals surface area contributed by atoms with Gasteiger partial charge >= 0.3 is 0 Å². The standard InChI is InChI=1S/C27H30F2N4O3/c1-31-11-13-32(14-12-31)27-24(25(30-36-27)19-7-9-21(28)10-8-19)18-33(17-23-6-3-15-35-23)26(34)20-4-2-5-22(29)16-20/h2,4-5,7-10,16,23H,3,6,11-15,17-18H2,1H3/t23-/m0/s1. The number of nitrogens with zero attached hydrogens (tertiary/aromatic N) is 4. The first kappa shape index (κ1) is 24.4. The third-order valence-electron chi connectivity index (χ3n) is 6.83. The van der Waals surface area contributed by atoms with Gasteiger partial charge in [0.15, 0.2) is 0 Å². The molecule has 0 aliphatic carbocycles. The van der Waals surface area contributed by atoms with Gasteiger partial charge in [-0.1, -0.05) is 11.2 Å². The molecule has 0 N–H and O–H groups in total. The second-order valence-corrected chi connectivity index (χ2v) is 9.44. The Balaban J connectivity index is 1.52. The molecular formula is C27H30F2N4O3. The Kier molecular flexibility index (Phi) is 7.29. The summed E-state index contributed by atoms with van der Waals surface area (Å²) in [6, 6.07) is 11.8. The molecule has 1 atom stereocenters. The first-order valence-electron chi connectivity index (χ1n) is 12.3. The van der Waals surface area contributed by atoms with E-state index >= 15 is 0 Å². The van der Waals surface area contributed by atoms with Crippen molar-refractivity contribution in [3.8, 4) is 11.3 Å². The Morgan fingerprint density at radius 2 is 1.86 bits per heavy atom. The molecule has 0 spiro atoms. The molecule has 9 heteroatoms. The lowest BCUT2D eigenvalue weighted by atomic mass is 10.1. The molecule has 2 fully saturated rings. The van der Waals surface area contributed by atoms with E-state index in [4.69, 9.17) is 9.26 Å². The van der Waals surface area contributed by atoms with Crippen molar-refractivity contribution in [2.45, 2.75) is 25.5 Å². The largest absolute Gasteiger partial charge is 0.376 e. The quantitative estimate of drug-likeness (QED) is 0.489. The van der Waals surface area contributed by atoms with Gasteiger partial charge in [0.05, 0.1) is 18.2 Å². The fourth-order valence-corrected chi connectivity index (χ4v) is 4.78. The molecule has 0 bridgehead atoms. The van der Waals surface area contributed by atoms with Crippen LogP contribution in [0.25, 0.3) is 11.3 Å². The lowest BCUT2D eigenvalue weighted by Crippen LogP contribution is -2.45. The molecule has 1 aromatic heterocycles. The maximum Gasteiger partial charge on any atom is 0.254 e. The van der Waals surface area contributed by atoms with Crippen LogP contribution in [0.15, 0.2) is 53.1 Å². The second kappa shape index (κ2) is 10.8. The van der Waals surface area contributed by atoms with Gasteiger partial charge in [-0.3, -0.25) is 4.79 Å². The van der Waals surface area contributed by atoms with Crippen molar-refractivity contribution in [2.24, 2.45) is 0 Å². The minimum absolute atomic E-state index is 0.0938. The number of rotatable bonds is 7. The van der Waals surface area contributed by atoms with Crippen molar-refractivity contribution in [1.82, 2.24) is 15.0 Å². The summed E-state index contributed by atoms with van der Waals surface area (Å²) < 4.78 is 39.3. The molecule has 1 amide bonds. The van der Waals surface area contributed by atoms with Crippen LogP contribution in [0.3, 0.4) is 0 Å². The van der Waals surface area contributed by atoms with Crippen LogP contribution in [0.1, 0.15) is 28.8 Å². The lowest BCUT2D eigenvalue weighted by Gasteiger charge is -2.33. The average Bonchev–Trinajstić information content (AvgIpc) is 3.54. The van der Waals surface area contributed by atoms with Gasteiger partial charge in [0.25, 0.3) is 5.91 Å². The zero-order valence-corrected chi connectivity index (χ0v) is 20.3. The first-order valence-corrected chi connectivity index (χ1v) is 12.3. The lowest BCUT2D eigenvalue weighted by molar-refractivity contribution is 0.0507. The number of ether oxygens (including phenoxy) is 1. The number of carbonyl (C=O) groups excluding carboxylic acids is 1. The van der Waals surface area contributed by atoms with Crippen LogP contribution in [0.5, 0.6) is 0 Å². The van der Waals surface area contributed by atoms with E-state index in [1.165, 1.54) is 30.3 Å². The smallest absolute Gasteiger partial charge is 0.254 e. The van der Waals surface area contributed by atoms with E-state index in [0.717, 1.165) is 44.6 Å². The summed E-state index contributed by atoms with van der Waals surface area (Å²) in [6.45, 7) is 4.48. The number of benzene rings is 2. The highest BCUT2D eigenvalue weighted by Crippen LogP contribution is 2.34. The Bertz CT molecular complexity index is 1190. The highest BCUT2D eigenvalue weighted by molar-refractivity contribution is 5.94. The van der Waals surface area contributed by atoms with Crippen LogP contribution < -0.4 is 4.90 Å². The molecule has 3 heterocycles. The van der Waals surface area contributed by atoms with E-state index in [1.807, 2.05) is 0 Å².